The molecule has 1 aromatic rings. The number of rotatable bonds is 6. The van der Waals surface area contributed by atoms with Gasteiger partial charge in [0, 0.05) is 20.6 Å². The van der Waals surface area contributed by atoms with Crippen LogP contribution in [-0.4, -0.2) is 38.1 Å². The van der Waals surface area contributed by atoms with E-state index in [-0.39, 0.29) is 24.1 Å². The highest BCUT2D eigenvalue weighted by Gasteiger charge is 2.19. The smallest absolute Gasteiger partial charge is 0.387 e. The summed E-state index contributed by atoms with van der Waals surface area (Å²) in [6.45, 7) is -2.59. The van der Waals surface area contributed by atoms with Gasteiger partial charge in [-0.3, -0.25) is 4.79 Å². The van der Waals surface area contributed by atoms with Crippen LogP contribution in [0.4, 0.5) is 8.78 Å². The lowest BCUT2D eigenvalue weighted by atomic mass is 9.98. The monoisotopic (exact) mass is 272 g/mol. The molecule has 2 N–H and O–H groups in total. The van der Waals surface area contributed by atoms with Crippen molar-refractivity contribution in [1.82, 2.24) is 4.90 Å². The molecule has 106 valence electrons. The molecular formula is C13H18F2N2O2. The third-order valence-corrected chi connectivity index (χ3v) is 2.71. The van der Waals surface area contributed by atoms with E-state index >= 15 is 0 Å². The van der Waals surface area contributed by atoms with Gasteiger partial charge in [-0.1, -0.05) is 12.1 Å². The van der Waals surface area contributed by atoms with Crippen molar-refractivity contribution in [2.75, 3.05) is 20.6 Å². The van der Waals surface area contributed by atoms with Gasteiger partial charge in [-0.25, -0.2) is 0 Å². The van der Waals surface area contributed by atoms with E-state index in [4.69, 9.17) is 5.73 Å². The lowest BCUT2D eigenvalue weighted by Crippen LogP contribution is -2.35. The zero-order valence-electron chi connectivity index (χ0n) is 11.0. The second-order valence-corrected chi connectivity index (χ2v) is 4.39. The summed E-state index contributed by atoms with van der Waals surface area (Å²) in [5, 5.41) is 0. The van der Waals surface area contributed by atoms with Crippen molar-refractivity contribution in [2.24, 2.45) is 11.7 Å². The van der Waals surface area contributed by atoms with Gasteiger partial charge in [-0.15, -0.1) is 0 Å². The van der Waals surface area contributed by atoms with Crippen LogP contribution in [0.25, 0.3) is 0 Å². The molecule has 0 aromatic heterocycles. The quantitative estimate of drug-likeness (QED) is 0.853. The number of amides is 1. The van der Waals surface area contributed by atoms with E-state index in [9.17, 15) is 13.6 Å². The van der Waals surface area contributed by atoms with Crippen LogP contribution in [0.2, 0.25) is 0 Å². The molecule has 0 radical (unpaired) electrons. The highest BCUT2D eigenvalue weighted by Crippen LogP contribution is 2.17. The fraction of sp³-hybridized carbons (Fsp3) is 0.462. The number of carbonyl (C=O) groups excluding carboxylic acids is 1. The molecule has 0 fully saturated rings. The van der Waals surface area contributed by atoms with E-state index in [1.165, 1.54) is 17.0 Å². The number of nitrogens with zero attached hydrogens (tertiary/aromatic N) is 1. The van der Waals surface area contributed by atoms with Gasteiger partial charge >= 0.3 is 6.61 Å². The Bertz CT molecular complexity index is 408. The minimum Gasteiger partial charge on any atom is -0.435 e. The van der Waals surface area contributed by atoms with Crippen LogP contribution in [0.1, 0.15) is 5.56 Å². The normalized spacial score (nSPS) is 12.3. The average Bonchev–Trinajstić information content (AvgIpc) is 2.36. The summed E-state index contributed by atoms with van der Waals surface area (Å²) in [4.78, 5) is 13.3. The third kappa shape index (κ3) is 4.82. The van der Waals surface area contributed by atoms with Crippen molar-refractivity contribution in [3.8, 4) is 5.75 Å². The standard InChI is InChI=1S/C13H18F2N2O2/c1-17(2)12(18)10(8-16)7-9-3-5-11(6-4-9)19-13(14)15/h3-6,10,13H,7-8,16H2,1-2H3. The number of ether oxygens (including phenoxy) is 1. The molecule has 0 aliphatic heterocycles. The maximum absolute atomic E-state index is 12.0. The van der Waals surface area contributed by atoms with Crippen LogP contribution in [-0.2, 0) is 11.2 Å². The molecule has 0 spiro atoms. The molecule has 1 aromatic carbocycles. The summed E-state index contributed by atoms with van der Waals surface area (Å²) in [7, 11) is 3.34. The Labute approximate surface area is 111 Å². The van der Waals surface area contributed by atoms with Crippen LogP contribution < -0.4 is 10.5 Å². The van der Waals surface area contributed by atoms with Gasteiger partial charge < -0.3 is 15.4 Å². The number of hydrogen-bond donors (Lipinski definition) is 1. The maximum Gasteiger partial charge on any atom is 0.387 e. The second-order valence-electron chi connectivity index (χ2n) is 4.39. The zero-order valence-corrected chi connectivity index (χ0v) is 11.0. The molecular weight excluding hydrogens is 254 g/mol. The fourth-order valence-corrected chi connectivity index (χ4v) is 1.73. The van der Waals surface area contributed by atoms with Crippen molar-refractivity contribution in [2.45, 2.75) is 13.0 Å². The Kier molecular flexibility index (Phi) is 5.69. The topological polar surface area (TPSA) is 55.6 Å². The summed E-state index contributed by atoms with van der Waals surface area (Å²) < 4.78 is 28.2. The van der Waals surface area contributed by atoms with Gasteiger partial charge in [-0.05, 0) is 24.1 Å². The Hall–Kier alpha value is -1.69. The average molecular weight is 272 g/mol. The van der Waals surface area contributed by atoms with Crippen LogP contribution >= 0.6 is 0 Å². The highest BCUT2D eigenvalue weighted by molar-refractivity contribution is 5.78. The Morgan fingerprint density at radius 3 is 2.32 bits per heavy atom. The summed E-state index contributed by atoms with van der Waals surface area (Å²) in [6, 6.07) is 6.22. The number of nitrogens with two attached hydrogens (primary N) is 1. The second kappa shape index (κ2) is 7.04. The number of halogens is 2. The Morgan fingerprint density at radius 2 is 1.89 bits per heavy atom. The molecule has 1 atom stereocenters. The van der Waals surface area contributed by atoms with E-state index in [1.54, 1.807) is 26.2 Å². The summed E-state index contributed by atoms with van der Waals surface area (Å²) in [5.41, 5.74) is 6.44. The molecule has 6 heteroatoms. The first-order chi connectivity index (χ1) is 8.93. The van der Waals surface area contributed by atoms with Crippen molar-refractivity contribution in [1.29, 1.82) is 0 Å². The SMILES string of the molecule is CN(C)C(=O)C(CN)Cc1ccc(OC(F)F)cc1. The largest absolute Gasteiger partial charge is 0.435 e. The van der Waals surface area contributed by atoms with Gasteiger partial charge in [0.2, 0.25) is 5.91 Å². The molecule has 0 heterocycles. The third-order valence-electron chi connectivity index (χ3n) is 2.71. The minimum atomic E-state index is -2.84. The first-order valence-corrected chi connectivity index (χ1v) is 5.89. The summed E-state index contributed by atoms with van der Waals surface area (Å²) in [5.74, 6) is -0.255. The Morgan fingerprint density at radius 1 is 1.32 bits per heavy atom. The van der Waals surface area contributed by atoms with Gasteiger partial charge in [0.05, 0.1) is 5.92 Å². The molecule has 0 saturated heterocycles. The number of alkyl halides is 2. The van der Waals surface area contributed by atoms with Crippen LogP contribution in [0, 0.1) is 5.92 Å². The molecule has 1 amide bonds. The molecule has 1 unspecified atom stereocenters. The van der Waals surface area contributed by atoms with Gasteiger partial charge in [-0.2, -0.15) is 8.78 Å². The van der Waals surface area contributed by atoms with Crippen LogP contribution in [0.15, 0.2) is 24.3 Å². The van der Waals surface area contributed by atoms with Gasteiger partial charge in [0.1, 0.15) is 5.75 Å². The lowest BCUT2D eigenvalue weighted by Gasteiger charge is -2.19. The van der Waals surface area contributed by atoms with Gasteiger partial charge in [0.15, 0.2) is 0 Å². The van der Waals surface area contributed by atoms with Crippen LogP contribution in [0.5, 0.6) is 5.75 Å². The molecule has 0 aliphatic carbocycles. The predicted octanol–water partition coefficient (Wildman–Crippen LogP) is 1.49. The first kappa shape index (κ1) is 15.4. The molecule has 1 rings (SSSR count). The van der Waals surface area contributed by atoms with Crippen molar-refractivity contribution < 1.29 is 18.3 Å². The molecule has 0 saturated carbocycles. The van der Waals surface area contributed by atoms with Crippen molar-refractivity contribution in [3.05, 3.63) is 29.8 Å². The van der Waals surface area contributed by atoms with Crippen molar-refractivity contribution >= 4 is 5.91 Å². The fourth-order valence-electron chi connectivity index (χ4n) is 1.73. The van der Waals surface area contributed by atoms with Gasteiger partial charge in [0.25, 0.3) is 0 Å². The lowest BCUT2D eigenvalue weighted by molar-refractivity contribution is -0.132. The van der Waals surface area contributed by atoms with E-state index < -0.39 is 6.61 Å². The maximum atomic E-state index is 12.0. The Balaban J connectivity index is 2.68. The predicted molar refractivity (Wildman–Crippen MR) is 68.0 cm³/mol. The van der Waals surface area contributed by atoms with E-state index in [2.05, 4.69) is 4.74 Å². The van der Waals surface area contributed by atoms with E-state index in [0.29, 0.717) is 6.42 Å². The van der Waals surface area contributed by atoms with E-state index in [1.807, 2.05) is 0 Å². The highest BCUT2D eigenvalue weighted by atomic mass is 19.3. The molecule has 19 heavy (non-hydrogen) atoms. The number of carbonyl (C=O) groups is 1. The zero-order chi connectivity index (χ0) is 14.4. The van der Waals surface area contributed by atoms with Crippen LogP contribution in [0.3, 0.4) is 0 Å². The molecule has 0 aliphatic rings. The number of benzene rings is 1. The molecule has 0 bridgehead atoms. The summed E-state index contributed by atoms with van der Waals surface area (Å²) >= 11 is 0. The summed E-state index contributed by atoms with van der Waals surface area (Å²) in [6.07, 6.45) is 0.475. The first-order valence-electron chi connectivity index (χ1n) is 5.89. The minimum absolute atomic E-state index is 0.0459. The van der Waals surface area contributed by atoms with E-state index in [0.717, 1.165) is 5.56 Å². The number of hydrogen-bond acceptors (Lipinski definition) is 3. The van der Waals surface area contributed by atoms with Crippen molar-refractivity contribution in [3.63, 3.8) is 0 Å². The molecule has 4 nitrogen and oxygen atoms in total.